The van der Waals surface area contributed by atoms with Crippen LogP contribution in [0, 0.1) is 5.82 Å². The van der Waals surface area contributed by atoms with Gasteiger partial charge in [-0.1, -0.05) is 0 Å². The Bertz CT molecular complexity index is 1130. The van der Waals surface area contributed by atoms with Gasteiger partial charge in [-0.05, 0) is 36.5 Å². The molecule has 3 aromatic heterocycles. The molecule has 4 rings (SSSR count). The van der Waals surface area contributed by atoms with Crippen LogP contribution in [-0.2, 0) is 6.54 Å². The molecule has 0 aliphatic heterocycles. The van der Waals surface area contributed by atoms with Crippen LogP contribution in [0.4, 0.5) is 4.39 Å². The van der Waals surface area contributed by atoms with Crippen molar-refractivity contribution in [1.29, 1.82) is 0 Å². The van der Waals surface area contributed by atoms with Crippen molar-refractivity contribution in [3.63, 3.8) is 0 Å². The number of aromatic nitrogens is 3. The second-order valence-corrected chi connectivity index (χ2v) is 6.30. The second kappa shape index (κ2) is 6.06. The third kappa shape index (κ3) is 2.50. The van der Waals surface area contributed by atoms with Crippen LogP contribution < -0.4 is 21.7 Å². The molecule has 0 unspecified atom stereocenters. The molecule has 0 saturated heterocycles. The largest absolute Gasteiger partial charge is 0.494 e. The molecular formula is C18H17FN4O3. The lowest BCUT2D eigenvalue weighted by Crippen LogP contribution is -2.29. The summed E-state index contributed by atoms with van der Waals surface area (Å²) in [6, 6.07) is 3.40. The van der Waals surface area contributed by atoms with Crippen LogP contribution in [0.25, 0.3) is 16.8 Å². The molecule has 26 heavy (non-hydrogen) atoms. The molecule has 0 amide bonds. The minimum atomic E-state index is -0.707. The standard InChI is InChI=1S/C18H17FN4O3/c1-26-16-14(12-6-9(7-20)4-5-21-12)11(19)8-23-15(16)13(10-2-3-10)17(24)22-18(23)25/h4-6,8,10H,2-3,7,20H2,1H3,(H,22,24,25). The number of halogens is 1. The number of pyridine rings is 2. The molecule has 3 N–H and O–H groups in total. The summed E-state index contributed by atoms with van der Waals surface area (Å²) in [6.07, 6.45) is 4.28. The lowest BCUT2D eigenvalue weighted by molar-refractivity contribution is 0.414. The first kappa shape index (κ1) is 16.5. The minimum absolute atomic E-state index is 0.0323. The van der Waals surface area contributed by atoms with Crippen molar-refractivity contribution in [2.75, 3.05) is 7.11 Å². The highest BCUT2D eigenvalue weighted by Crippen LogP contribution is 2.44. The van der Waals surface area contributed by atoms with Crippen LogP contribution in [0.1, 0.15) is 29.9 Å². The Morgan fingerprint density at radius 1 is 1.42 bits per heavy atom. The highest BCUT2D eigenvalue weighted by Gasteiger charge is 2.32. The normalized spacial score (nSPS) is 14.0. The summed E-state index contributed by atoms with van der Waals surface area (Å²) < 4.78 is 21.5. The summed E-state index contributed by atoms with van der Waals surface area (Å²) in [5.74, 6) is -0.520. The van der Waals surface area contributed by atoms with Crippen molar-refractivity contribution in [2.45, 2.75) is 25.3 Å². The Hall–Kier alpha value is -3.00. The molecular weight excluding hydrogens is 339 g/mol. The number of hydrogen-bond donors (Lipinski definition) is 2. The van der Waals surface area contributed by atoms with E-state index in [2.05, 4.69) is 9.97 Å². The van der Waals surface area contributed by atoms with Crippen molar-refractivity contribution in [3.05, 3.63) is 62.3 Å². The van der Waals surface area contributed by atoms with Crippen molar-refractivity contribution in [2.24, 2.45) is 5.73 Å². The van der Waals surface area contributed by atoms with E-state index in [-0.39, 0.29) is 23.8 Å². The van der Waals surface area contributed by atoms with E-state index >= 15 is 0 Å². The van der Waals surface area contributed by atoms with Gasteiger partial charge in [0.25, 0.3) is 5.56 Å². The Labute approximate surface area is 147 Å². The summed E-state index contributed by atoms with van der Waals surface area (Å²) in [6.45, 7) is 0.277. The maximum absolute atomic E-state index is 14.9. The molecule has 0 bridgehead atoms. The molecule has 0 radical (unpaired) electrons. The van der Waals surface area contributed by atoms with E-state index < -0.39 is 17.1 Å². The molecule has 134 valence electrons. The van der Waals surface area contributed by atoms with E-state index in [1.54, 1.807) is 12.1 Å². The number of H-pyrrole nitrogens is 1. The zero-order valence-corrected chi connectivity index (χ0v) is 14.1. The van der Waals surface area contributed by atoms with E-state index in [1.807, 2.05) is 0 Å². The SMILES string of the molecule is COc1c(-c2cc(CN)ccn2)c(F)cn2c(=O)[nH]c(=O)c(C3CC3)c12. The predicted molar refractivity (Wildman–Crippen MR) is 93.9 cm³/mol. The Kier molecular flexibility index (Phi) is 3.84. The number of nitrogens with one attached hydrogen (secondary N) is 1. The highest BCUT2D eigenvalue weighted by molar-refractivity contribution is 5.81. The molecule has 3 aromatic rings. The van der Waals surface area contributed by atoms with Gasteiger partial charge in [0.05, 0.1) is 24.6 Å². The average molecular weight is 356 g/mol. The molecule has 1 aliphatic rings. The van der Waals surface area contributed by atoms with Gasteiger partial charge in [0.1, 0.15) is 5.52 Å². The fourth-order valence-corrected chi connectivity index (χ4v) is 3.25. The van der Waals surface area contributed by atoms with Crippen LogP contribution in [-0.4, -0.2) is 21.5 Å². The summed E-state index contributed by atoms with van der Waals surface area (Å²) in [5, 5.41) is 0. The van der Waals surface area contributed by atoms with E-state index in [9.17, 15) is 14.0 Å². The molecule has 3 heterocycles. The summed E-state index contributed by atoms with van der Waals surface area (Å²) in [4.78, 5) is 31.1. The maximum Gasteiger partial charge on any atom is 0.333 e. The van der Waals surface area contributed by atoms with E-state index in [1.165, 1.54) is 13.3 Å². The fraction of sp³-hybridized carbons (Fsp3) is 0.278. The molecule has 7 nitrogen and oxygen atoms in total. The second-order valence-electron chi connectivity index (χ2n) is 6.30. The van der Waals surface area contributed by atoms with Gasteiger partial charge in [0, 0.05) is 18.3 Å². The molecule has 1 aliphatic carbocycles. The monoisotopic (exact) mass is 356 g/mol. The maximum atomic E-state index is 14.9. The van der Waals surface area contributed by atoms with Gasteiger partial charge < -0.3 is 10.5 Å². The van der Waals surface area contributed by atoms with Gasteiger partial charge in [-0.2, -0.15) is 0 Å². The lowest BCUT2D eigenvalue weighted by Gasteiger charge is -2.16. The first-order valence-corrected chi connectivity index (χ1v) is 8.25. The van der Waals surface area contributed by atoms with Crippen LogP contribution in [0.5, 0.6) is 5.75 Å². The highest BCUT2D eigenvalue weighted by atomic mass is 19.1. The van der Waals surface area contributed by atoms with Gasteiger partial charge in [0.15, 0.2) is 11.6 Å². The van der Waals surface area contributed by atoms with Crippen LogP contribution in [0.3, 0.4) is 0 Å². The van der Waals surface area contributed by atoms with Crippen LogP contribution >= 0.6 is 0 Å². The number of ether oxygens (including phenoxy) is 1. The molecule has 8 heteroatoms. The number of nitrogens with zero attached hydrogens (tertiary/aromatic N) is 2. The number of methoxy groups -OCH3 is 1. The minimum Gasteiger partial charge on any atom is -0.494 e. The summed E-state index contributed by atoms with van der Waals surface area (Å²) >= 11 is 0. The average Bonchev–Trinajstić information content (AvgIpc) is 3.46. The quantitative estimate of drug-likeness (QED) is 0.738. The Morgan fingerprint density at radius 2 is 2.19 bits per heavy atom. The zero-order chi connectivity index (χ0) is 18.4. The third-order valence-corrected chi connectivity index (χ3v) is 4.61. The Balaban J connectivity index is 2.15. The zero-order valence-electron chi connectivity index (χ0n) is 14.1. The van der Waals surface area contributed by atoms with Crippen molar-refractivity contribution < 1.29 is 9.13 Å². The lowest BCUT2D eigenvalue weighted by atomic mass is 10.0. The topological polar surface area (TPSA) is 102 Å². The predicted octanol–water partition coefficient (Wildman–Crippen LogP) is 1.53. The summed E-state index contributed by atoms with van der Waals surface area (Å²) in [7, 11) is 1.38. The third-order valence-electron chi connectivity index (χ3n) is 4.61. The van der Waals surface area contributed by atoms with Gasteiger partial charge in [-0.3, -0.25) is 19.2 Å². The Morgan fingerprint density at radius 3 is 2.85 bits per heavy atom. The molecule has 0 atom stereocenters. The first-order valence-electron chi connectivity index (χ1n) is 8.25. The smallest absolute Gasteiger partial charge is 0.333 e. The van der Waals surface area contributed by atoms with Gasteiger partial charge in [-0.25, -0.2) is 9.18 Å². The molecule has 0 aromatic carbocycles. The van der Waals surface area contributed by atoms with Crippen LogP contribution in [0.2, 0.25) is 0 Å². The summed E-state index contributed by atoms with van der Waals surface area (Å²) in [5.41, 5.74) is 6.45. The number of hydrogen-bond acceptors (Lipinski definition) is 5. The van der Waals surface area contributed by atoms with Gasteiger partial charge in [0.2, 0.25) is 0 Å². The fourth-order valence-electron chi connectivity index (χ4n) is 3.25. The van der Waals surface area contributed by atoms with Gasteiger partial charge in [-0.15, -0.1) is 0 Å². The molecule has 0 spiro atoms. The molecule has 1 fully saturated rings. The number of fused-ring (bicyclic) bond motifs is 1. The van der Waals surface area contributed by atoms with Crippen molar-refractivity contribution in [3.8, 4) is 17.0 Å². The molecule has 1 saturated carbocycles. The number of rotatable bonds is 4. The van der Waals surface area contributed by atoms with Gasteiger partial charge >= 0.3 is 5.69 Å². The number of nitrogens with two attached hydrogens (primary N) is 1. The van der Waals surface area contributed by atoms with E-state index in [4.69, 9.17) is 10.5 Å². The number of aromatic amines is 1. The van der Waals surface area contributed by atoms with E-state index in [0.29, 0.717) is 16.8 Å². The van der Waals surface area contributed by atoms with E-state index in [0.717, 1.165) is 29.0 Å². The van der Waals surface area contributed by atoms with Crippen molar-refractivity contribution >= 4 is 5.52 Å². The van der Waals surface area contributed by atoms with Crippen molar-refractivity contribution in [1.82, 2.24) is 14.4 Å². The van der Waals surface area contributed by atoms with Crippen LogP contribution in [0.15, 0.2) is 34.1 Å². The first-order chi connectivity index (χ1) is 12.5.